The second-order valence-electron chi connectivity index (χ2n) is 6.43. The third kappa shape index (κ3) is 5.32. The lowest BCUT2D eigenvalue weighted by molar-refractivity contribution is 0.0927. The number of carbonyl (C=O) groups excluding carboxylic acids is 1. The summed E-state index contributed by atoms with van der Waals surface area (Å²) in [6.07, 6.45) is 3.28. The molecule has 10 heteroatoms. The van der Waals surface area contributed by atoms with Gasteiger partial charge in [0.05, 0.1) is 19.4 Å². The second-order valence-corrected chi connectivity index (χ2v) is 6.43. The van der Waals surface area contributed by atoms with Crippen molar-refractivity contribution in [3.8, 4) is 0 Å². The van der Waals surface area contributed by atoms with E-state index in [9.17, 15) is 4.79 Å². The Kier molecular flexibility index (Phi) is 7.01. The number of carbonyl (C=O) groups is 1. The molecule has 2 aromatic rings. The smallest absolute Gasteiger partial charge is 0.287 e. The highest BCUT2D eigenvalue weighted by molar-refractivity contribution is 5.91. The van der Waals surface area contributed by atoms with Gasteiger partial charge in [-0.2, -0.15) is 5.10 Å². The molecule has 1 unspecified atom stereocenters. The first kappa shape index (κ1) is 19.9. The Balaban J connectivity index is 1.49. The molecular formula is C18H27N7O3. The van der Waals surface area contributed by atoms with E-state index >= 15 is 0 Å². The number of nitrogens with one attached hydrogen (secondary N) is 3. The quantitative estimate of drug-likeness (QED) is 0.338. The van der Waals surface area contributed by atoms with Gasteiger partial charge >= 0.3 is 0 Å². The molecule has 1 aliphatic rings. The number of ether oxygens (including phenoxy) is 1. The number of methoxy groups -OCH3 is 1. The molecule has 0 fully saturated rings. The minimum atomic E-state index is -0.240. The van der Waals surface area contributed by atoms with Crippen LogP contribution in [0.15, 0.2) is 27.8 Å². The Morgan fingerprint density at radius 3 is 3.11 bits per heavy atom. The molecule has 0 radical (unpaired) electrons. The van der Waals surface area contributed by atoms with Crippen molar-refractivity contribution in [2.24, 2.45) is 4.99 Å². The molecule has 2 aromatic heterocycles. The van der Waals surface area contributed by atoms with E-state index in [1.165, 1.54) is 6.26 Å². The summed E-state index contributed by atoms with van der Waals surface area (Å²) in [6, 6.07) is 3.52. The number of fused-ring (bicyclic) bond motifs is 1. The molecule has 1 aliphatic heterocycles. The Labute approximate surface area is 163 Å². The number of rotatable bonds is 8. The lowest BCUT2D eigenvalue weighted by atomic mass is 10.1. The van der Waals surface area contributed by atoms with Crippen LogP contribution in [0.25, 0.3) is 0 Å². The van der Waals surface area contributed by atoms with Gasteiger partial charge in [0.2, 0.25) is 0 Å². The van der Waals surface area contributed by atoms with Crippen molar-refractivity contribution in [3.63, 3.8) is 0 Å². The predicted octanol–water partition coefficient (Wildman–Crippen LogP) is 0.317. The number of amides is 1. The molecule has 0 aromatic carbocycles. The van der Waals surface area contributed by atoms with E-state index in [0.29, 0.717) is 31.3 Å². The normalized spacial score (nSPS) is 16.5. The van der Waals surface area contributed by atoms with Gasteiger partial charge in [0.1, 0.15) is 12.4 Å². The van der Waals surface area contributed by atoms with Gasteiger partial charge in [-0.3, -0.25) is 9.79 Å². The van der Waals surface area contributed by atoms with Crippen LogP contribution in [0, 0.1) is 0 Å². The Bertz CT molecular complexity index is 785. The highest BCUT2D eigenvalue weighted by atomic mass is 16.5. The fourth-order valence-electron chi connectivity index (χ4n) is 3.01. The van der Waals surface area contributed by atoms with Crippen LogP contribution in [0.5, 0.6) is 0 Å². The Morgan fingerprint density at radius 1 is 1.46 bits per heavy atom. The van der Waals surface area contributed by atoms with Gasteiger partial charge in [0.25, 0.3) is 5.91 Å². The number of hydrogen-bond donors (Lipinski definition) is 3. The Morgan fingerprint density at radius 2 is 2.36 bits per heavy atom. The fraction of sp³-hybridized carbons (Fsp3) is 0.556. The minimum Gasteiger partial charge on any atom is -0.459 e. The summed E-state index contributed by atoms with van der Waals surface area (Å²) in [5, 5.41) is 14.0. The molecule has 0 bridgehead atoms. The number of furan rings is 1. The highest BCUT2D eigenvalue weighted by Crippen LogP contribution is 2.13. The number of aromatic nitrogens is 3. The molecule has 1 amide bonds. The molecule has 10 nitrogen and oxygen atoms in total. The third-order valence-electron chi connectivity index (χ3n) is 4.27. The van der Waals surface area contributed by atoms with Gasteiger partial charge in [-0.15, -0.1) is 0 Å². The van der Waals surface area contributed by atoms with E-state index in [1.54, 1.807) is 19.2 Å². The number of aryl methyl sites for hydroxylation is 1. The summed E-state index contributed by atoms with van der Waals surface area (Å²) in [7, 11) is 1.64. The number of hydrogen-bond acceptors (Lipinski definition) is 6. The molecule has 3 heterocycles. The second kappa shape index (κ2) is 9.88. The first-order valence-corrected chi connectivity index (χ1v) is 9.47. The van der Waals surface area contributed by atoms with E-state index in [2.05, 4.69) is 31.0 Å². The molecule has 3 N–H and O–H groups in total. The monoisotopic (exact) mass is 389 g/mol. The van der Waals surface area contributed by atoms with Crippen LogP contribution in [0.4, 0.5) is 0 Å². The van der Waals surface area contributed by atoms with E-state index in [4.69, 9.17) is 9.15 Å². The van der Waals surface area contributed by atoms with Crippen LogP contribution < -0.4 is 16.0 Å². The summed E-state index contributed by atoms with van der Waals surface area (Å²) in [6.45, 7) is 4.81. The van der Waals surface area contributed by atoms with Crippen LogP contribution in [0.2, 0.25) is 0 Å². The molecule has 28 heavy (non-hydrogen) atoms. The first-order valence-electron chi connectivity index (χ1n) is 9.47. The van der Waals surface area contributed by atoms with Crippen molar-refractivity contribution in [1.29, 1.82) is 0 Å². The first-order chi connectivity index (χ1) is 13.7. The van der Waals surface area contributed by atoms with Crippen molar-refractivity contribution in [2.45, 2.75) is 39.0 Å². The summed E-state index contributed by atoms with van der Waals surface area (Å²) in [4.78, 5) is 20.9. The zero-order chi connectivity index (χ0) is 19.8. The maximum Gasteiger partial charge on any atom is 0.287 e. The number of guanidine groups is 1. The van der Waals surface area contributed by atoms with E-state index in [1.807, 2.05) is 11.6 Å². The van der Waals surface area contributed by atoms with Gasteiger partial charge in [-0.1, -0.05) is 0 Å². The molecule has 0 spiro atoms. The summed E-state index contributed by atoms with van der Waals surface area (Å²) >= 11 is 0. The van der Waals surface area contributed by atoms with E-state index < -0.39 is 0 Å². The lowest BCUT2D eigenvalue weighted by Gasteiger charge is -2.25. The van der Waals surface area contributed by atoms with Crippen molar-refractivity contribution in [2.75, 3.05) is 26.7 Å². The standard InChI is InChI=1S/C18H27N7O3/c1-3-19-18(21-9-8-20-17(26)14-5-4-10-28-14)22-13-6-7-16-23-15(12-27-2)24-25(16)11-13/h4-5,10,13H,3,6-9,11-12H2,1-2H3,(H,20,26)(H2,19,21,22). The molecule has 3 rings (SSSR count). The number of aliphatic imine (C=N–C) groups is 1. The SMILES string of the molecule is CCNC(=NCCNC(=O)c1ccco1)NC1CCc2nc(COC)nn2C1. The topological polar surface area (TPSA) is 119 Å². The molecular weight excluding hydrogens is 362 g/mol. The zero-order valence-electron chi connectivity index (χ0n) is 16.3. The van der Waals surface area contributed by atoms with Crippen molar-refractivity contribution >= 4 is 11.9 Å². The predicted molar refractivity (Wildman–Crippen MR) is 103 cm³/mol. The Hall–Kier alpha value is -2.88. The van der Waals surface area contributed by atoms with Crippen molar-refractivity contribution < 1.29 is 13.9 Å². The van der Waals surface area contributed by atoms with E-state index in [-0.39, 0.29) is 11.9 Å². The molecule has 0 aliphatic carbocycles. The molecule has 1 atom stereocenters. The van der Waals surface area contributed by atoms with Crippen LogP contribution in [0.1, 0.15) is 35.5 Å². The molecule has 0 saturated heterocycles. The minimum absolute atomic E-state index is 0.208. The number of nitrogens with zero attached hydrogens (tertiary/aromatic N) is 4. The van der Waals surface area contributed by atoms with E-state index in [0.717, 1.165) is 37.7 Å². The molecule has 0 saturated carbocycles. The fourth-order valence-corrected chi connectivity index (χ4v) is 3.01. The maximum atomic E-state index is 11.8. The van der Waals surface area contributed by atoms with Gasteiger partial charge in [0, 0.05) is 32.7 Å². The van der Waals surface area contributed by atoms with Crippen LogP contribution in [-0.2, 0) is 24.3 Å². The van der Waals surface area contributed by atoms with Gasteiger partial charge in [-0.25, -0.2) is 9.67 Å². The van der Waals surface area contributed by atoms with Gasteiger partial charge < -0.3 is 25.1 Å². The highest BCUT2D eigenvalue weighted by Gasteiger charge is 2.22. The maximum absolute atomic E-state index is 11.8. The van der Waals surface area contributed by atoms with Crippen molar-refractivity contribution in [3.05, 3.63) is 35.8 Å². The van der Waals surface area contributed by atoms with Crippen LogP contribution in [0.3, 0.4) is 0 Å². The van der Waals surface area contributed by atoms with Crippen LogP contribution >= 0.6 is 0 Å². The van der Waals surface area contributed by atoms with Crippen molar-refractivity contribution in [1.82, 2.24) is 30.7 Å². The van der Waals surface area contributed by atoms with Crippen LogP contribution in [-0.4, -0.2) is 59.4 Å². The summed E-state index contributed by atoms with van der Waals surface area (Å²) in [5.74, 6) is 2.49. The largest absolute Gasteiger partial charge is 0.459 e. The average Bonchev–Trinajstić information content (AvgIpc) is 3.34. The van der Waals surface area contributed by atoms with Gasteiger partial charge in [0.15, 0.2) is 17.5 Å². The summed E-state index contributed by atoms with van der Waals surface area (Å²) in [5.41, 5.74) is 0. The zero-order valence-corrected chi connectivity index (χ0v) is 16.3. The average molecular weight is 389 g/mol. The molecule has 152 valence electrons. The lowest BCUT2D eigenvalue weighted by Crippen LogP contribution is -2.47. The van der Waals surface area contributed by atoms with Gasteiger partial charge in [-0.05, 0) is 25.5 Å². The summed E-state index contributed by atoms with van der Waals surface area (Å²) < 4.78 is 12.1. The third-order valence-corrected chi connectivity index (χ3v) is 4.27.